The first-order valence-electron chi connectivity index (χ1n) is 7.02. The maximum absolute atomic E-state index is 12.7. The molecule has 21 heavy (non-hydrogen) atoms. The molecular weight excluding hydrogens is 284 g/mol. The lowest BCUT2D eigenvalue weighted by Crippen LogP contribution is -2.11. The van der Waals surface area contributed by atoms with Gasteiger partial charge < -0.3 is 5.11 Å². The van der Waals surface area contributed by atoms with Crippen LogP contribution >= 0.6 is 0 Å². The number of rotatable bonds is 4. The molecule has 0 aliphatic heterocycles. The molecule has 0 aromatic heterocycles. The number of benzene rings is 2. The molecule has 3 atom stereocenters. The van der Waals surface area contributed by atoms with Crippen molar-refractivity contribution in [1.29, 1.82) is 0 Å². The van der Waals surface area contributed by atoms with Gasteiger partial charge in [0.1, 0.15) is 0 Å². The molecule has 4 heteroatoms. The van der Waals surface area contributed by atoms with Crippen molar-refractivity contribution < 1.29 is 13.5 Å². The third-order valence-electron chi connectivity index (χ3n) is 4.20. The van der Waals surface area contributed by atoms with Crippen molar-refractivity contribution in [3.63, 3.8) is 0 Å². The molecule has 0 bridgehead atoms. The summed E-state index contributed by atoms with van der Waals surface area (Å²) in [4.78, 5) is 0.336. The van der Waals surface area contributed by atoms with Crippen LogP contribution in [-0.4, -0.2) is 25.4 Å². The van der Waals surface area contributed by atoms with Crippen molar-refractivity contribution in [2.75, 3.05) is 6.61 Å². The minimum absolute atomic E-state index is 0.102. The van der Waals surface area contributed by atoms with Crippen LogP contribution in [0.4, 0.5) is 0 Å². The molecule has 3 nitrogen and oxygen atoms in total. The molecule has 2 aromatic rings. The standard InChI is InChI=1S/C17H18O3S/c1-12-7-9-13(10-8-12)16-15(11-18)17(16)21(19,20)14-5-3-2-4-6-14/h2-10,15-18H,11H2,1H3/t15-,16-,17+/m1/s1. The maximum Gasteiger partial charge on any atom is 0.182 e. The van der Waals surface area contributed by atoms with Gasteiger partial charge >= 0.3 is 0 Å². The Bertz CT molecular complexity index is 720. The van der Waals surface area contributed by atoms with Crippen LogP contribution in [0, 0.1) is 12.8 Å². The molecule has 0 saturated heterocycles. The second-order valence-corrected chi connectivity index (χ2v) is 7.71. The molecule has 3 rings (SSSR count). The Hall–Kier alpha value is -1.65. The Morgan fingerprint density at radius 1 is 1.00 bits per heavy atom. The third-order valence-corrected chi connectivity index (χ3v) is 6.49. The van der Waals surface area contributed by atoms with Crippen LogP contribution in [0.2, 0.25) is 0 Å². The predicted molar refractivity (Wildman–Crippen MR) is 81.9 cm³/mol. The number of aliphatic hydroxyl groups is 1. The molecule has 1 saturated carbocycles. The zero-order chi connectivity index (χ0) is 15.0. The van der Waals surface area contributed by atoms with Crippen LogP contribution in [0.3, 0.4) is 0 Å². The van der Waals surface area contributed by atoms with E-state index in [0.29, 0.717) is 4.90 Å². The van der Waals surface area contributed by atoms with Gasteiger partial charge in [-0.25, -0.2) is 8.42 Å². The number of aliphatic hydroxyl groups excluding tert-OH is 1. The van der Waals surface area contributed by atoms with Gasteiger partial charge in [-0.1, -0.05) is 48.0 Å². The quantitative estimate of drug-likeness (QED) is 0.944. The molecule has 2 aromatic carbocycles. The average molecular weight is 302 g/mol. The van der Waals surface area contributed by atoms with E-state index >= 15 is 0 Å². The normalized spacial score (nSPS) is 24.8. The minimum atomic E-state index is -3.39. The summed E-state index contributed by atoms with van der Waals surface area (Å²) in [7, 11) is -3.39. The number of aryl methyl sites for hydroxylation is 1. The van der Waals surface area contributed by atoms with Gasteiger partial charge in [0.25, 0.3) is 0 Å². The van der Waals surface area contributed by atoms with E-state index in [2.05, 4.69) is 0 Å². The van der Waals surface area contributed by atoms with E-state index in [1.165, 1.54) is 0 Å². The Morgan fingerprint density at radius 2 is 1.62 bits per heavy atom. The van der Waals surface area contributed by atoms with Crippen LogP contribution < -0.4 is 0 Å². The highest BCUT2D eigenvalue weighted by Crippen LogP contribution is 2.53. The van der Waals surface area contributed by atoms with Crippen LogP contribution in [-0.2, 0) is 9.84 Å². The van der Waals surface area contributed by atoms with Gasteiger partial charge in [-0.2, -0.15) is 0 Å². The van der Waals surface area contributed by atoms with Gasteiger partial charge in [0.15, 0.2) is 9.84 Å². The van der Waals surface area contributed by atoms with E-state index in [9.17, 15) is 13.5 Å². The van der Waals surface area contributed by atoms with Crippen molar-refractivity contribution in [2.45, 2.75) is 23.0 Å². The van der Waals surface area contributed by atoms with E-state index in [1.807, 2.05) is 31.2 Å². The summed E-state index contributed by atoms with van der Waals surface area (Å²) in [6.45, 7) is 1.90. The summed E-state index contributed by atoms with van der Waals surface area (Å²) in [6.07, 6.45) is 0. The average Bonchev–Trinajstić information content (AvgIpc) is 3.24. The van der Waals surface area contributed by atoms with E-state index in [0.717, 1.165) is 11.1 Å². The summed E-state index contributed by atoms with van der Waals surface area (Å²) < 4.78 is 25.4. The maximum atomic E-state index is 12.7. The first-order valence-corrected chi connectivity index (χ1v) is 8.56. The van der Waals surface area contributed by atoms with E-state index in [-0.39, 0.29) is 18.4 Å². The van der Waals surface area contributed by atoms with E-state index < -0.39 is 15.1 Å². The first-order chi connectivity index (χ1) is 10.1. The number of hydrogen-bond acceptors (Lipinski definition) is 3. The highest BCUT2D eigenvalue weighted by atomic mass is 32.2. The Labute approximate surface area is 125 Å². The van der Waals surface area contributed by atoms with E-state index in [1.54, 1.807) is 30.3 Å². The Morgan fingerprint density at radius 3 is 2.19 bits per heavy atom. The van der Waals surface area contributed by atoms with Gasteiger partial charge in [0, 0.05) is 18.4 Å². The molecule has 0 unspecified atom stereocenters. The largest absolute Gasteiger partial charge is 0.396 e. The van der Waals surface area contributed by atoms with Gasteiger partial charge in [0.2, 0.25) is 0 Å². The fourth-order valence-corrected chi connectivity index (χ4v) is 5.20. The molecule has 1 fully saturated rings. The monoisotopic (exact) mass is 302 g/mol. The predicted octanol–water partition coefficient (Wildman–Crippen LogP) is 2.54. The lowest BCUT2D eigenvalue weighted by Gasteiger charge is -2.04. The fraction of sp³-hybridized carbons (Fsp3) is 0.294. The topological polar surface area (TPSA) is 54.4 Å². The van der Waals surface area contributed by atoms with Crippen molar-refractivity contribution >= 4 is 9.84 Å². The first kappa shape index (κ1) is 14.3. The highest BCUT2D eigenvalue weighted by molar-refractivity contribution is 7.92. The van der Waals surface area contributed by atoms with Crippen molar-refractivity contribution in [1.82, 2.24) is 0 Å². The van der Waals surface area contributed by atoms with Gasteiger partial charge in [0.05, 0.1) is 10.1 Å². The highest BCUT2D eigenvalue weighted by Gasteiger charge is 2.58. The van der Waals surface area contributed by atoms with Crippen LogP contribution in [0.1, 0.15) is 17.0 Å². The number of sulfone groups is 1. The molecule has 0 heterocycles. The SMILES string of the molecule is Cc1ccc([C@@H]2[C@@H](CO)[C@@H]2S(=O)(=O)c2ccccc2)cc1. The third kappa shape index (κ3) is 2.49. The second-order valence-electron chi connectivity index (χ2n) is 5.61. The van der Waals surface area contributed by atoms with Crippen LogP contribution in [0.25, 0.3) is 0 Å². The molecule has 1 N–H and O–H groups in total. The molecule has 0 spiro atoms. The molecule has 1 aliphatic carbocycles. The van der Waals surface area contributed by atoms with Crippen LogP contribution in [0.5, 0.6) is 0 Å². The summed E-state index contributed by atoms with van der Waals surface area (Å²) in [5.41, 5.74) is 2.13. The summed E-state index contributed by atoms with van der Waals surface area (Å²) in [5, 5.41) is 8.99. The second kappa shape index (κ2) is 5.28. The Kier molecular flexibility index (Phi) is 3.59. The lowest BCUT2D eigenvalue weighted by molar-refractivity contribution is 0.274. The smallest absolute Gasteiger partial charge is 0.182 e. The zero-order valence-electron chi connectivity index (χ0n) is 11.8. The summed E-state index contributed by atoms with van der Waals surface area (Å²) >= 11 is 0. The number of hydrogen-bond donors (Lipinski definition) is 1. The van der Waals surface area contributed by atoms with Gasteiger partial charge in [-0.05, 0) is 24.6 Å². The van der Waals surface area contributed by atoms with Crippen molar-refractivity contribution in [3.05, 3.63) is 65.7 Å². The van der Waals surface area contributed by atoms with Crippen molar-refractivity contribution in [3.8, 4) is 0 Å². The minimum Gasteiger partial charge on any atom is -0.396 e. The van der Waals surface area contributed by atoms with Gasteiger partial charge in [-0.15, -0.1) is 0 Å². The van der Waals surface area contributed by atoms with E-state index in [4.69, 9.17) is 0 Å². The van der Waals surface area contributed by atoms with Crippen molar-refractivity contribution in [2.24, 2.45) is 5.92 Å². The summed E-state index contributed by atoms with van der Waals surface area (Å²) in [5.74, 6) is -0.321. The lowest BCUT2D eigenvalue weighted by atomic mass is 10.1. The molecule has 1 aliphatic rings. The summed E-state index contributed by atoms with van der Waals surface area (Å²) in [6, 6.07) is 16.4. The Balaban J connectivity index is 1.94. The molecule has 0 amide bonds. The van der Waals surface area contributed by atoms with Crippen LogP contribution in [0.15, 0.2) is 59.5 Å². The molecule has 110 valence electrons. The fourth-order valence-electron chi connectivity index (χ4n) is 2.98. The zero-order valence-corrected chi connectivity index (χ0v) is 12.6. The van der Waals surface area contributed by atoms with Gasteiger partial charge in [-0.3, -0.25) is 0 Å². The molecular formula is C17H18O3S. The molecule has 0 radical (unpaired) electrons.